The maximum atomic E-state index is 2.39. The molecule has 1 saturated carbocycles. The lowest BCUT2D eigenvalue weighted by Crippen LogP contribution is -2.06. The van der Waals surface area contributed by atoms with E-state index in [1.54, 1.807) is 16.7 Å². The molecule has 2 aromatic rings. The van der Waals surface area contributed by atoms with Crippen molar-refractivity contribution in [1.29, 1.82) is 0 Å². The zero-order valence-electron chi connectivity index (χ0n) is 11.4. The molecule has 0 heteroatoms. The maximum Gasteiger partial charge on any atom is -0.00133 e. The zero-order valence-corrected chi connectivity index (χ0v) is 11.4. The Morgan fingerprint density at radius 3 is 2.42 bits per heavy atom. The average Bonchev–Trinajstić information content (AvgIpc) is 2.86. The van der Waals surface area contributed by atoms with Crippen LogP contribution < -0.4 is 0 Å². The SMILES string of the molecule is c1ccc2c(c1)Cc1cccc(C3CCCCC3)c1-2. The van der Waals surface area contributed by atoms with E-state index in [2.05, 4.69) is 42.5 Å². The van der Waals surface area contributed by atoms with Crippen molar-refractivity contribution in [2.45, 2.75) is 44.4 Å². The van der Waals surface area contributed by atoms with Crippen LogP contribution >= 0.6 is 0 Å². The Bertz CT molecular complexity index is 603. The molecular weight excluding hydrogens is 228 g/mol. The summed E-state index contributed by atoms with van der Waals surface area (Å²) in [5.41, 5.74) is 7.76. The summed E-state index contributed by atoms with van der Waals surface area (Å²) in [5, 5.41) is 0. The van der Waals surface area contributed by atoms with Gasteiger partial charge in [0.1, 0.15) is 0 Å². The van der Waals surface area contributed by atoms with Crippen LogP contribution in [0.15, 0.2) is 42.5 Å². The van der Waals surface area contributed by atoms with Crippen LogP contribution in [-0.2, 0) is 6.42 Å². The minimum atomic E-state index is 0.801. The van der Waals surface area contributed by atoms with E-state index in [0.717, 1.165) is 12.3 Å². The van der Waals surface area contributed by atoms with Gasteiger partial charge in [0.2, 0.25) is 0 Å². The van der Waals surface area contributed by atoms with Crippen LogP contribution in [0.3, 0.4) is 0 Å². The molecule has 2 aliphatic carbocycles. The fourth-order valence-electron chi connectivity index (χ4n) is 3.97. The van der Waals surface area contributed by atoms with Gasteiger partial charge in [-0.25, -0.2) is 0 Å². The number of hydrogen-bond donors (Lipinski definition) is 0. The van der Waals surface area contributed by atoms with E-state index in [1.807, 2.05) is 0 Å². The average molecular weight is 248 g/mol. The lowest BCUT2D eigenvalue weighted by atomic mass is 9.80. The normalized spacial score (nSPS) is 18.1. The van der Waals surface area contributed by atoms with Crippen LogP contribution in [-0.4, -0.2) is 0 Å². The summed E-state index contributed by atoms with van der Waals surface area (Å²) in [6.45, 7) is 0. The fourth-order valence-corrected chi connectivity index (χ4v) is 3.97. The molecule has 0 radical (unpaired) electrons. The van der Waals surface area contributed by atoms with Gasteiger partial charge in [0.05, 0.1) is 0 Å². The lowest BCUT2D eigenvalue weighted by Gasteiger charge is -2.24. The van der Waals surface area contributed by atoms with Crippen LogP contribution in [0.5, 0.6) is 0 Å². The van der Waals surface area contributed by atoms with Crippen molar-refractivity contribution in [2.24, 2.45) is 0 Å². The minimum absolute atomic E-state index is 0.801. The van der Waals surface area contributed by atoms with Gasteiger partial charge in [-0.2, -0.15) is 0 Å². The van der Waals surface area contributed by atoms with Gasteiger partial charge >= 0.3 is 0 Å². The topological polar surface area (TPSA) is 0 Å². The molecule has 0 spiro atoms. The van der Waals surface area contributed by atoms with Crippen molar-refractivity contribution in [3.8, 4) is 11.1 Å². The van der Waals surface area contributed by atoms with Crippen LogP contribution in [0, 0.1) is 0 Å². The van der Waals surface area contributed by atoms with Gasteiger partial charge in [0.15, 0.2) is 0 Å². The molecule has 0 aromatic heterocycles. The highest BCUT2D eigenvalue weighted by atomic mass is 14.3. The van der Waals surface area contributed by atoms with Gasteiger partial charge in [-0.3, -0.25) is 0 Å². The second-order valence-corrected chi connectivity index (χ2v) is 6.05. The number of hydrogen-bond acceptors (Lipinski definition) is 0. The fraction of sp³-hybridized carbons (Fsp3) is 0.368. The third kappa shape index (κ3) is 1.82. The van der Waals surface area contributed by atoms with E-state index in [0.29, 0.717) is 0 Å². The molecule has 0 unspecified atom stereocenters. The molecule has 0 heterocycles. The molecule has 19 heavy (non-hydrogen) atoms. The van der Waals surface area contributed by atoms with Crippen LogP contribution in [0.4, 0.5) is 0 Å². The molecule has 0 bridgehead atoms. The predicted molar refractivity (Wildman–Crippen MR) is 80.5 cm³/mol. The molecule has 1 fully saturated rings. The van der Waals surface area contributed by atoms with Crippen molar-refractivity contribution in [2.75, 3.05) is 0 Å². The maximum absolute atomic E-state index is 2.39. The number of rotatable bonds is 1. The van der Waals surface area contributed by atoms with E-state index in [-0.39, 0.29) is 0 Å². The molecule has 0 N–H and O–H groups in total. The van der Waals surface area contributed by atoms with Gasteiger partial charge in [0, 0.05) is 0 Å². The van der Waals surface area contributed by atoms with Gasteiger partial charge in [0.25, 0.3) is 0 Å². The molecule has 2 aliphatic rings. The summed E-state index contributed by atoms with van der Waals surface area (Å²) in [7, 11) is 0. The Labute approximate surface area is 115 Å². The van der Waals surface area contributed by atoms with Crippen LogP contribution in [0.1, 0.15) is 54.7 Å². The highest BCUT2D eigenvalue weighted by Gasteiger charge is 2.25. The Hall–Kier alpha value is -1.56. The van der Waals surface area contributed by atoms with Crippen molar-refractivity contribution in [3.05, 3.63) is 59.2 Å². The van der Waals surface area contributed by atoms with E-state index >= 15 is 0 Å². The molecule has 0 amide bonds. The first-order chi connectivity index (χ1) is 9.43. The highest BCUT2D eigenvalue weighted by Crippen LogP contribution is 2.44. The molecule has 0 saturated heterocycles. The second kappa shape index (κ2) is 4.52. The van der Waals surface area contributed by atoms with Gasteiger partial charge < -0.3 is 0 Å². The first kappa shape index (κ1) is 11.3. The zero-order chi connectivity index (χ0) is 12.7. The summed E-state index contributed by atoms with van der Waals surface area (Å²) < 4.78 is 0. The standard InChI is InChI=1S/C19H20/c1-2-7-14(8-3-1)17-12-6-10-16-13-15-9-4-5-11-18(15)19(16)17/h4-6,9-12,14H,1-3,7-8,13H2. The third-order valence-corrected chi connectivity index (χ3v) is 4.90. The molecule has 0 atom stereocenters. The molecule has 0 aliphatic heterocycles. The largest absolute Gasteiger partial charge is 0.0619 e. The van der Waals surface area contributed by atoms with Gasteiger partial charge in [-0.1, -0.05) is 61.7 Å². The Morgan fingerprint density at radius 1 is 0.737 bits per heavy atom. The van der Waals surface area contributed by atoms with Gasteiger partial charge in [-0.05, 0) is 53.0 Å². The summed E-state index contributed by atoms with van der Waals surface area (Å²) in [5.74, 6) is 0.801. The van der Waals surface area contributed by atoms with Crippen molar-refractivity contribution in [1.82, 2.24) is 0 Å². The van der Waals surface area contributed by atoms with Crippen molar-refractivity contribution >= 4 is 0 Å². The monoisotopic (exact) mass is 248 g/mol. The van der Waals surface area contributed by atoms with Gasteiger partial charge in [-0.15, -0.1) is 0 Å². The third-order valence-electron chi connectivity index (χ3n) is 4.90. The smallest absolute Gasteiger partial charge is 0.00133 e. The lowest BCUT2D eigenvalue weighted by molar-refractivity contribution is 0.444. The van der Waals surface area contributed by atoms with Crippen LogP contribution in [0.25, 0.3) is 11.1 Å². The predicted octanol–water partition coefficient (Wildman–Crippen LogP) is 5.31. The van der Waals surface area contributed by atoms with Crippen molar-refractivity contribution < 1.29 is 0 Å². The van der Waals surface area contributed by atoms with E-state index in [9.17, 15) is 0 Å². The summed E-state index contributed by atoms with van der Waals surface area (Å²) >= 11 is 0. The summed E-state index contributed by atoms with van der Waals surface area (Å²) in [4.78, 5) is 0. The highest BCUT2D eigenvalue weighted by molar-refractivity contribution is 5.79. The number of fused-ring (bicyclic) bond motifs is 3. The molecule has 2 aromatic carbocycles. The van der Waals surface area contributed by atoms with E-state index in [4.69, 9.17) is 0 Å². The van der Waals surface area contributed by atoms with Crippen LogP contribution in [0.2, 0.25) is 0 Å². The Morgan fingerprint density at radius 2 is 1.53 bits per heavy atom. The minimum Gasteiger partial charge on any atom is -0.0619 e. The quantitative estimate of drug-likeness (QED) is 0.548. The number of benzene rings is 2. The Kier molecular flexibility index (Phi) is 2.69. The first-order valence-corrected chi connectivity index (χ1v) is 7.63. The molecule has 0 nitrogen and oxygen atoms in total. The van der Waals surface area contributed by atoms with E-state index in [1.165, 1.54) is 43.2 Å². The molecule has 4 rings (SSSR count). The molecular formula is C19H20. The first-order valence-electron chi connectivity index (χ1n) is 7.63. The summed E-state index contributed by atoms with van der Waals surface area (Å²) in [6.07, 6.45) is 8.16. The van der Waals surface area contributed by atoms with E-state index < -0.39 is 0 Å². The Balaban J connectivity index is 1.85. The molecule has 96 valence electrons. The second-order valence-electron chi connectivity index (χ2n) is 6.05. The summed E-state index contributed by atoms with van der Waals surface area (Å²) in [6, 6.07) is 15.9. The van der Waals surface area contributed by atoms with Crippen molar-refractivity contribution in [3.63, 3.8) is 0 Å².